The summed E-state index contributed by atoms with van der Waals surface area (Å²) in [5.41, 5.74) is 5.27. The van der Waals surface area contributed by atoms with Crippen molar-refractivity contribution in [2.75, 3.05) is 0 Å². The molecule has 1 aromatic carbocycles. The van der Waals surface area contributed by atoms with Gasteiger partial charge in [-0.2, -0.15) is 0 Å². The van der Waals surface area contributed by atoms with Gasteiger partial charge in [-0.25, -0.2) is 0 Å². The van der Waals surface area contributed by atoms with Crippen LogP contribution in [0.1, 0.15) is 44.7 Å². The van der Waals surface area contributed by atoms with Crippen molar-refractivity contribution in [3.63, 3.8) is 0 Å². The molecule has 0 saturated heterocycles. The molecular formula is C19H27N. The number of aryl methyl sites for hydroxylation is 2. The SMILES string of the molecule is C=C.C=C(C)c1cccc2c1c(CC)cn2CCCC. The zero-order valence-electron chi connectivity index (χ0n) is 13.2. The Morgan fingerprint density at radius 2 is 1.90 bits per heavy atom. The molecule has 1 nitrogen and oxygen atoms in total. The lowest BCUT2D eigenvalue weighted by Crippen LogP contribution is -1.95. The molecule has 2 aromatic rings. The van der Waals surface area contributed by atoms with Gasteiger partial charge in [0, 0.05) is 23.6 Å². The molecule has 0 aliphatic heterocycles. The van der Waals surface area contributed by atoms with Gasteiger partial charge in [0.25, 0.3) is 0 Å². The van der Waals surface area contributed by atoms with Crippen molar-refractivity contribution in [2.45, 2.75) is 46.6 Å². The summed E-state index contributed by atoms with van der Waals surface area (Å²) < 4.78 is 2.41. The van der Waals surface area contributed by atoms with Gasteiger partial charge in [-0.15, -0.1) is 13.2 Å². The van der Waals surface area contributed by atoms with E-state index >= 15 is 0 Å². The first-order valence-electron chi connectivity index (χ1n) is 7.45. The van der Waals surface area contributed by atoms with E-state index in [1.807, 2.05) is 0 Å². The maximum atomic E-state index is 4.11. The number of allylic oxidation sites excluding steroid dienone is 1. The average molecular weight is 269 g/mol. The van der Waals surface area contributed by atoms with Crippen LogP contribution in [0.5, 0.6) is 0 Å². The van der Waals surface area contributed by atoms with Crippen LogP contribution in [-0.2, 0) is 13.0 Å². The lowest BCUT2D eigenvalue weighted by atomic mass is 10.0. The Bertz CT molecular complexity index is 575. The van der Waals surface area contributed by atoms with E-state index in [0.717, 1.165) is 18.5 Å². The zero-order valence-corrected chi connectivity index (χ0v) is 13.2. The van der Waals surface area contributed by atoms with Crippen LogP contribution in [0.2, 0.25) is 0 Å². The molecule has 0 aliphatic carbocycles. The maximum absolute atomic E-state index is 4.11. The third-order valence-electron chi connectivity index (χ3n) is 3.58. The van der Waals surface area contributed by atoms with Gasteiger partial charge in [0.1, 0.15) is 0 Å². The monoisotopic (exact) mass is 269 g/mol. The maximum Gasteiger partial charge on any atom is 0.0489 e. The van der Waals surface area contributed by atoms with Crippen LogP contribution in [0.25, 0.3) is 16.5 Å². The number of hydrogen-bond acceptors (Lipinski definition) is 0. The summed E-state index contributed by atoms with van der Waals surface area (Å²) in [5.74, 6) is 0. The van der Waals surface area contributed by atoms with Crippen LogP contribution >= 0.6 is 0 Å². The van der Waals surface area contributed by atoms with Crippen molar-refractivity contribution in [3.8, 4) is 0 Å². The number of unbranched alkanes of at least 4 members (excludes halogenated alkanes) is 1. The summed E-state index contributed by atoms with van der Waals surface area (Å²) in [6.07, 6.45) is 5.89. The predicted octanol–water partition coefficient (Wildman–Crippen LogP) is 5.84. The zero-order chi connectivity index (χ0) is 15.1. The number of hydrogen-bond donors (Lipinski definition) is 0. The van der Waals surface area contributed by atoms with Crippen LogP contribution in [0.3, 0.4) is 0 Å². The Labute approximate surface area is 123 Å². The quantitative estimate of drug-likeness (QED) is 0.601. The van der Waals surface area contributed by atoms with Gasteiger partial charge in [0.05, 0.1) is 0 Å². The van der Waals surface area contributed by atoms with Gasteiger partial charge in [-0.05, 0) is 37.0 Å². The number of aromatic nitrogens is 1. The van der Waals surface area contributed by atoms with Gasteiger partial charge in [-0.3, -0.25) is 0 Å². The van der Waals surface area contributed by atoms with E-state index < -0.39 is 0 Å². The second-order valence-electron chi connectivity index (χ2n) is 5.03. The Morgan fingerprint density at radius 1 is 1.20 bits per heavy atom. The van der Waals surface area contributed by atoms with Crippen LogP contribution in [0.4, 0.5) is 0 Å². The molecule has 108 valence electrons. The predicted molar refractivity (Wildman–Crippen MR) is 92.2 cm³/mol. The summed E-state index contributed by atoms with van der Waals surface area (Å²) >= 11 is 0. The smallest absolute Gasteiger partial charge is 0.0489 e. The molecule has 1 heteroatoms. The van der Waals surface area contributed by atoms with Crippen molar-refractivity contribution >= 4 is 16.5 Å². The highest BCUT2D eigenvalue weighted by molar-refractivity contribution is 5.94. The fraction of sp³-hybridized carbons (Fsp3) is 0.368. The van der Waals surface area contributed by atoms with E-state index in [2.05, 4.69) is 69.5 Å². The topological polar surface area (TPSA) is 4.93 Å². The molecule has 1 heterocycles. The molecule has 0 atom stereocenters. The summed E-state index contributed by atoms with van der Waals surface area (Å²) in [7, 11) is 0. The second kappa shape index (κ2) is 7.74. The van der Waals surface area contributed by atoms with E-state index in [4.69, 9.17) is 0 Å². The summed E-state index contributed by atoms with van der Waals surface area (Å²) in [6.45, 7) is 17.8. The minimum atomic E-state index is 1.08. The first-order valence-corrected chi connectivity index (χ1v) is 7.45. The number of fused-ring (bicyclic) bond motifs is 1. The fourth-order valence-electron chi connectivity index (χ4n) is 2.58. The molecule has 0 amide bonds. The Kier molecular flexibility index (Phi) is 6.30. The van der Waals surface area contributed by atoms with Crippen molar-refractivity contribution in [1.29, 1.82) is 0 Å². The minimum absolute atomic E-state index is 1.08. The molecular weight excluding hydrogens is 242 g/mol. The lowest BCUT2D eigenvalue weighted by Gasteiger charge is -2.06. The fourth-order valence-corrected chi connectivity index (χ4v) is 2.58. The Balaban J connectivity index is 0.000000956. The van der Waals surface area contributed by atoms with Gasteiger partial charge < -0.3 is 4.57 Å². The molecule has 0 radical (unpaired) electrons. The normalized spacial score (nSPS) is 10.2. The standard InChI is InChI=1S/C17H23N.C2H4/c1-5-7-11-18-12-14(6-2)17-15(13(3)4)9-8-10-16(17)18;1-2/h8-10,12H,3,5-7,11H2,1-2,4H3;1-2H2. The number of nitrogens with zero attached hydrogens (tertiary/aromatic N) is 1. The number of rotatable bonds is 5. The minimum Gasteiger partial charge on any atom is -0.347 e. The van der Waals surface area contributed by atoms with Gasteiger partial charge in [0.2, 0.25) is 0 Å². The van der Waals surface area contributed by atoms with Crippen LogP contribution in [0.15, 0.2) is 44.1 Å². The highest BCUT2D eigenvalue weighted by atomic mass is 15.0. The number of benzene rings is 1. The highest BCUT2D eigenvalue weighted by Crippen LogP contribution is 2.29. The van der Waals surface area contributed by atoms with E-state index in [-0.39, 0.29) is 0 Å². The molecule has 0 aliphatic rings. The van der Waals surface area contributed by atoms with Crippen LogP contribution < -0.4 is 0 Å². The molecule has 2 rings (SSSR count). The molecule has 0 N–H and O–H groups in total. The van der Waals surface area contributed by atoms with Crippen LogP contribution in [0, 0.1) is 0 Å². The summed E-state index contributed by atoms with van der Waals surface area (Å²) in [5, 5.41) is 1.41. The molecule has 0 bridgehead atoms. The molecule has 0 saturated carbocycles. The van der Waals surface area contributed by atoms with Crippen LogP contribution in [-0.4, -0.2) is 4.57 Å². The largest absolute Gasteiger partial charge is 0.347 e. The first kappa shape index (κ1) is 16.3. The van der Waals surface area contributed by atoms with E-state index in [1.54, 1.807) is 0 Å². The van der Waals surface area contributed by atoms with E-state index in [0.29, 0.717) is 0 Å². The van der Waals surface area contributed by atoms with Gasteiger partial charge in [0.15, 0.2) is 0 Å². The van der Waals surface area contributed by atoms with Crippen molar-refractivity contribution < 1.29 is 0 Å². The highest BCUT2D eigenvalue weighted by Gasteiger charge is 2.11. The van der Waals surface area contributed by atoms with Crippen molar-refractivity contribution in [2.24, 2.45) is 0 Å². The van der Waals surface area contributed by atoms with Gasteiger partial charge in [-0.1, -0.05) is 44.6 Å². The third-order valence-corrected chi connectivity index (χ3v) is 3.58. The summed E-state index contributed by atoms with van der Waals surface area (Å²) in [4.78, 5) is 0. The van der Waals surface area contributed by atoms with Crippen molar-refractivity contribution in [1.82, 2.24) is 4.57 Å². The second-order valence-corrected chi connectivity index (χ2v) is 5.03. The molecule has 1 aromatic heterocycles. The first-order chi connectivity index (χ1) is 9.69. The molecule has 20 heavy (non-hydrogen) atoms. The molecule has 0 spiro atoms. The van der Waals surface area contributed by atoms with E-state index in [1.165, 1.54) is 34.9 Å². The molecule has 0 unspecified atom stereocenters. The van der Waals surface area contributed by atoms with Crippen molar-refractivity contribution in [3.05, 3.63) is 55.3 Å². The van der Waals surface area contributed by atoms with E-state index in [9.17, 15) is 0 Å². The molecule has 0 fully saturated rings. The Hall–Kier alpha value is -1.76. The third kappa shape index (κ3) is 3.22. The average Bonchev–Trinajstić information content (AvgIpc) is 2.85. The lowest BCUT2D eigenvalue weighted by molar-refractivity contribution is 0.648. The van der Waals surface area contributed by atoms with Gasteiger partial charge >= 0.3 is 0 Å². The summed E-state index contributed by atoms with van der Waals surface area (Å²) in [6, 6.07) is 6.57. The Morgan fingerprint density at radius 3 is 2.45 bits per heavy atom.